The minimum atomic E-state index is -0.700. The molecule has 0 aliphatic heterocycles. The summed E-state index contributed by atoms with van der Waals surface area (Å²) in [6, 6.07) is 8.88. The van der Waals surface area contributed by atoms with Gasteiger partial charge >= 0.3 is 0 Å². The van der Waals surface area contributed by atoms with Crippen LogP contribution < -0.4 is 9.54 Å². The number of carbonyl (C=O) groups excluding carboxylic acids is 1. The van der Waals surface area contributed by atoms with Gasteiger partial charge in [0, 0.05) is 25.3 Å². The number of unbranched alkanes of at least 4 members (excludes halogenated alkanes) is 2. The summed E-state index contributed by atoms with van der Waals surface area (Å²) >= 11 is 1.06. The normalized spacial score (nSPS) is 11.9. The SMILES string of the molecule is CCCCCOc1cccc(C(=O)N=c2sc3cc(F)cc(F)c3n2CCOC)c1. The Kier molecular flexibility index (Phi) is 7.70. The summed E-state index contributed by atoms with van der Waals surface area (Å²) in [5.41, 5.74) is 0.573. The van der Waals surface area contributed by atoms with E-state index in [0.29, 0.717) is 29.2 Å². The predicted molar refractivity (Wildman–Crippen MR) is 113 cm³/mol. The van der Waals surface area contributed by atoms with Crippen LogP contribution in [0.1, 0.15) is 36.5 Å². The maximum Gasteiger partial charge on any atom is 0.279 e. The average molecular weight is 435 g/mol. The molecular weight excluding hydrogens is 410 g/mol. The average Bonchev–Trinajstić information content (AvgIpc) is 3.06. The lowest BCUT2D eigenvalue weighted by Gasteiger charge is -2.07. The van der Waals surface area contributed by atoms with Gasteiger partial charge in [-0.15, -0.1) is 0 Å². The zero-order chi connectivity index (χ0) is 21.5. The van der Waals surface area contributed by atoms with Crippen molar-refractivity contribution in [3.8, 4) is 5.75 Å². The Labute approximate surface area is 177 Å². The van der Waals surface area contributed by atoms with Gasteiger partial charge in [-0.05, 0) is 30.7 Å². The highest BCUT2D eigenvalue weighted by atomic mass is 32.1. The number of methoxy groups -OCH3 is 1. The fraction of sp³-hybridized carbons (Fsp3) is 0.364. The number of fused-ring (bicyclic) bond motifs is 1. The van der Waals surface area contributed by atoms with Gasteiger partial charge in [-0.25, -0.2) is 8.78 Å². The molecule has 0 saturated carbocycles. The van der Waals surface area contributed by atoms with Crippen molar-refractivity contribution in [2.24, 2.45) is 4.99 Å². The molecule has 0 unspecified atom stereocenters. The summed E-state index contributed by atoms with van der Waals surface area (Å²) in [6.45, 7) is 3.28. The first-order valence-corrected chi connectivity index (χ1v) is 10.6. The molecule has 30 heavy (non-hydrogen) atoms. The predicted octanol–water partition coefficient (Wildman–Crippen LogP) is 4.94. The first kappa shape index (κ1) is 22.1. The molecule has 2 aromatic carbocycles. The molecule has 0 spiro atoms. The number of hydrogen-bond donors (Lipinski definition) is 0. The van der Waals surface area contributed by atoms with Crippen molar-refractivity contribution in [3.05, 3.63) is 58.4 Å². The topological polar surface area (TPSA) is 52.8 Å². The van der Waals surface area contributed by atoms with Crippen molar-refractivity contribution >= 4 is 27.5 Å². The van der Waals surface area contributed by atoms with E-state index in [1.54, 1.807) is 28.8 Å². The number of nitrogens with zero attached hydrogens (tertiary/aromatic N) is 2. The van der Waals surface area contributed by atoms with Gasteiger partial charge in [0.25, 0.3) is 5.91 Å². The van der Waals surface area contributed by atoms with Crippen LogP contribution in [0.2, 0.25) is 0 Å². The molecular formula is C22H24F2N2O3S. The molecule has 3 aromatic rings. The number of thiazole rings is 1. The Bertz CT molecular complexity index is 1090. The maximum atomic E-state index is 14.4. The summed E-state index contributed by atoms with van der Waals surface area (Å²) in [4.78, 5) is 17.2. The number of hydrogen-bond acceptors (Lipinski definition) is 4. The Balaban J connectivity index is 1.94. The number of carbonyl (C=O) groups is 1. The van der Waals surface area contributed by atoms with Gasteiger partial charge in [0.2, 0.25) is 0 Å². The van der Waals surface area contributed by atoms with Crippen molar-refractivity contribution in [3.63, 3.8) is 0 Å². The Morgan fingerprint density at radius 1 is 1.17 bits per heavy atom. The van der Waals surface area contributed by atoms with Gasteiger partial charge in [0.1, 0.15) is 11.6 Å². The van der Waals surface area contributed by atoms with E-state index in [0.717, 1.165) is 36.7 Å². The summed E-state index contributed by atoms with van der Waals surface area (Å²) in [5, 5.41) is 0. The number of amides is 1. The van der Waals surface area contributed by atoms with Gasteiger partial charge in [-0.1, -0.05) is 37.2 Å². The molecule has 0 N–H and O–H groups in total. The Hall–Kier alpha value is -2.58. The first-order valence-electron chi connectivity index (χ1n) is 9.82. The van der Waals surface area contributed by atoms with Crippen LogP contribution in [0.4, 0.5) is 8.78 Å². The molecule has 0 aliphatic carbocycles. The van der Waals surface area contributed by atoms with Crippen LogP contribution in [-0.4, -0.2) is 30.8 Å². The standard InChI is InChI=1S/C22H24F2N2O3S/c1-3-4-5-10-29-17-8-6-7-15(12-17)21(27)25-22-26(9-11-28-2)20-18(24)13-16(23)14-19(20)30-22/h6-8,12-14H,3-5,9-11H2,1-2H3. The number of aromatic nitrogens is 1. The largest absolute Gasteiger partial charge is 0.494 e. The van der Waals surface area contributed by atoms with Crippen molar-refractivity contribution in [1.29, 1.82) is 0 Å². The molecule has 0 saturated heterocycles. The smallest absolute Gasteiger partial charge is 0.279 e. The monoisotopic (exact) mass is 434 g/mol. The molecule has 1 aromatic heterocycles. The number of benzene rings is 2. The zero-order valence-corrected chi connectivity index (χ0v) is 17.8. The minimum absolute atomic E-state index is 0.206. The third kappa shape index (κ3) is 5.31. The Morgan fingerprint density at radius 2 is 2.00 bits per heavy atom. The van der Waals surface area contributed by atoms with Crippen LogP contribution in [-0.2, 0) is 11.3 Å². The second-order valence-electron chi connectivity index (χ2n) is 6.76. The molecule has 0 atom stereocenters. The molecule has 5 nitrogen and oxygen atoms in total. The van der Waals surface area contributed by atoms with Crippen molar-refractivity contribution in [1.82, 2.24) is 4.57 Å². The third-order valence-electron chi connectivity index (χ3n) is 4.51. The molecule has 1 amide bonds. The van der Waals surface area contributed by atoms with Crippen molar-refractivity contribution in [2.75, 3.05) is 20.3 Å². The van der Waals surface area contributed by atoms with Crippen LogP contribution in [0, 0.1) is 11.6 Å². The summed E-state index contributed by atoms with van der Waals surface area (Å²) < 4.78 is 40.7. The quantitative estimate of drug-likeness (QED) is 0.449. The van der Waals surface area contributed by atoms with E-state index in [1.165, 1.54) is 13.2 Å². The summed E-state index contributed by atoms with van der Waals surface area (Å²) in [7, 11) is 1.53. The number of rotatable bonds is 9. The van der Waals surface area contributed by atoms with E-state index in [1.807, 2.05) is 0 Å². The zero-order valence-electron chi connectivity index (χ0n) is 17.0. The van der Waals surface area contributed by atoms with E-state index in [2.05, 4.69) is 11.9 Å². The number of ether oxygens (including phenoxy) is 2. The van der Waals surface area contributed by atoms with Gasteiger partial charge < -0.3 is 14.0 Å². The van der Waals surface area contributed by atoms with Crippen LogP contribution in [0.25, 0.3) is 10.2 Å². The summed E-state index contributed by atoms with van der Waals surface area (Å²) in [5.74, 6) is -1.25. The van der Waals surface area contributed by atoms with E-state index < -0.39 is 17.5 Å². The van der Waals surface area contributed by atoms with E-state index in [9.17, 15) is 13.6 Å². The lowest BCUT2D eigenvalue weighted by Crippen LogP contribution is -2.20. The van der Waals surface area contributed by atoms with Gasteiger partial charge in [-0.3, -0.25) is 4.79 Å². The highest BCUT2D eigenvalue weighted by molar-refractivity contribution is 7.16. The summed E-state index contributed by atoms with van der Waals surface area (Å²) in [6.07, 6.45) is 3.13. The molecule has 0 fully saturated rings. The highest BCUT2D eigenvalue weighted by Crippen LogP contribution is 2.22. The first-order chi connectivity index (χ1) is 14.5. The van der Waals surface area contributed by atoms with Gasteiger partial charge in [0.05, 0.1) is 23.4 Å². The van der Waals surface area contributed by atoms with Crippen molar-refractivity contribution < 1.29 is 23.0 Å². The fourth-order valence-corrected chi connectivity index (χ4v) is 4.11. The van der Waals surface area contributed by atoms with Crippen LogP contribution >= 0.6 is 11.3 Å². The minimum Gasteiger partial charge on any atom is -0.494 e. The van der Waals surface area contributed by atoms with Crippen LogP contribution in [0.5, 0.6) is 5.75 Å². The van der Waals surface area contributed by atoms with E-state index >= 15 is 0 Å². The molecule has 160 valence electrons. The molecule has 0 aliphatic rings. The highest BCUT2D eigenvalue weighted by Gasteiger charge is 2.14. The third-order valence-corrected chi connectivity index (χ3v) is 5.53. The van der Waals surface area contributed by atoms with E-state index in [4.69, 9.17) is 9.47 Å². The van der Waals surface area contributed by atoms with Gasteiger partial charge in [0.15, 0.2) is 10.6 Å². The molecule has 1 heterocycles. The second kappa shape index (κ2) is 10.4. The molecule has 0 radical (unpaired) electrons. The molecule has 3 rings (SSSR count). The van der Waals surface area contributed by atoms with E-state index in [-0.39, 0.29) is 16.9 Å². The van der Waals surface area contributed by atoms with Crippen molar-refractivity contribution in [2.45, 2.75) is 32.7 Å². The number of halogens is 2. The Morgan fingerprint density at radius 3 is 2.77 bits per heavy atom. The second-order valence-corrected chi connectivity index (χ2v) is 7.77. The lowest BCUT2D eigenvalue weighted by molar-refractivity contribution is 0.0997. The molecule has 8 heteroatoms. The van der Waals surface area contributed by atoms with Gasteiger partial charge in [-0.2, -0.15) is 4.99 Å². The fourth-order valence-electron chi connectivity index (χ4n) is 3.02. The van der Waals surface area contributed by atoms with Crippen LogP contribution in [0.3, 0.4) is 0 Å². The molecule has 0 bridgehead atoms. The van der Waals surface area contributed by atoms with Crippen LogP contribution in [0.15, 0.2) is 41.4 Å². The lowest BCUT2D eigenvalue weighted by atomic mass is 10.2. The maximum absolute atomic E-state index is 14.4.